The first-order valence-electron chi connectivity index (χ1n) is 12.9. The third-order valence-electron chi connectivity index (χ3n) is 7.27. The van der Waals surface area contributed by atoms with Gasteiger partial charge in [0.1, 0.15) is 28.9 Å². The van der Waals surface area contributed by atoms with E-state index in [1.54, 1.807) is 30.0 Å². The molecule has 212 valence electrons. The highest BCUT2D eigenvalue weighted by Gasteiger charge is 2.31. The van der Waals surface area contributed by atoms with Gasteiger partial charge in [0, 0.05) is 30.8 Å². The molecule has 40 heavy (non-hydrogen) atoms. The summed E-state index contributed by atoms with van der Waals surface area (Å²) in [5, 5.41) is 16.7. The van der Waals surface area contributed by atoms with Crippen LogP contribution in [0.3, 0.4) is 0 Å². The third-order valence-corrected chi connectivity index (χ3v) is 7.53. The molecule has 12 heteroatoms. The van der Waals surface area contributed by atoms with Crippen LogP contribution in [0.4, 0.5) is 16.0 Å². The molecule has 2 aliphatic rings. The number of anilines is 2. The summed E-state index contributed by atoms with van der Waals surface area (Å²) in [5.41, 5.74) is 3.19. The van der Waals surface area contributed by atoms with Crippen LogP contribution in [0, 0.1) is 6.92 Å². The van der Waals surface area contributed by atoms with E-state index in [0.29, 0.717) is 53.4 Å². The normalized spacial score (nSPS) is 21.1. The molecular weight excluding hydrogens is 539 g/mol. The van der Waals surface area contributed by atoms with Gasteiger partial charge in [-0.1, -0.05) is 23.7 Å². The second-order valence-electron chi connectivity index (χ2n) is 10.2. The number of aromatic nitrogens is 2. The van der Waals surface area contributed by atoms with Gasteiger partial charge in [0.15, 0.2) is 0 Å². The minimum absolute atomic E-state index is 0.111. The molecule has 2 aliphatic heterocycles. The first kappa shape index (κ1) is 28.0. The van der Waals surface area contributed by atoms with E-state index in [0.717, 1.165) is 5.56 Å². The van der Waals surface area contributed by atoms with E-state index in [2.05, 4.69) is 20.6 Å². The van der Waals surface area contributed by atoms with Gasteiger partial charge in [0.2, 0.25) is 11.8 Å². The number of aryl methyl sites for hydroxylation is 1. The monoisotopic (exact) mass is 570 g/mol. The number of aliphatic hydroxyl groups excluding tert-OH is 1. The molecule has 5 rings (SSSR count). The maximum Gasteiger partial charge on any atom is 0.252 e. The van der Waals surface area contributed by atoms with E-state index in [1.165, 1.54) is 13.3 Å². The van der Waals surface area contributed by atoms with Crippen LogP contribution in [-0.2, 0) is 6.54 Å². The summed E-state index contributed by atoms with van der Waals surface area (Å²) >= 11 is 6.35. The zero-order chi connectivity index (χ0) is 28.6. The van der Waals surface area contributed by atoms with Crippen molar-refractivity contribution in [2.45, 2.75) is 38.3 Å². The second kappa shape index (κ2) is 11.5. The van der Waals surface area contributed by atoms with Crippen molar-refractivity contribution in [3.05, 3.63) is 63.8 Å². The van der Waals surface area contributed by atoms with Gasteiger partial charge >= 0.3 is 0 Å². The predicted molar refractivity (Wildman–Crippen MR) is 149 cm³/mol. The molecule has 10 nitrogen and oxygen atoms in total. The molecule has 3 heterocycles. The number of aliphatic hydroxyl groups is 1. The van der Waals surface area contributed by atoms with E-state index < -0.39 is 18.4 Å². The molecule has 0 radical (unpaired) electrons. The quantitative estimate of drug-likeness (QED) is 0.385. The minimum atomic E-state index is -1.13. The van der Waals surface area contributed by atoms with Crippen LogP contribution in [0.15, 0.2) is 36.5 Å². The van der Waals surface area contributed by atoms with Crippen molar-refractivity contribution in [3.63, 3.8) is 0 Å². The molecule has 1 unspecified atom stereocenters. The van der Waals surface area contributed by atoms with Crippen LogP contribution in [0.5, 0.6) is 17.4 Å². The smallest absolute Gasteiger partial charge is 0.252 e. The first-order valence-corrected chi connectivity index (χ1v) is 13.3. The molecule has 0 saturated carbocycles. The number of nitrogens with one attached hydrogen (secondary N) is 2. The molecule has 1 amide bonds. The number of carbonyl (C=O) groups excluding carboxylic acids is 1. The van der Waals surface area contributed by atoms with E-state index in [4.69, 9.17) is 21.1 Å². The molecule has 0 spiro atoms. The minimum Gasteiger partial charge on any atom is -0.495 e. The van der Waals surface area contributed by atoms with Crippen LogP contribution >= 0.6 is 11.6 Å². The molecule has 1 aromatic heterocycles. The Kier molecular flexibility index (Phi) is 8.09. The Morgan fingerprint density at radius 3 is 2.80 bits per heavy atom. The fraction of sp³-hybridized carbons (Fsp3) is 0.393. The van der Waals surface area contributed by atoms with Gasteiger partial charge in [-0.15, -0.1) is 0 Å². The molecule has 3 aromatic rings. The third kappa shape index (κ3) is 5.68. The van der Waals surface area contributed by atoms with E-state index in [9.17, 15) is 14.3 Å². The highest BCUT2D eigenvalue weighted by Crippen LogP contribution is 2.40. The maximum atomic E-state index is 14.5. The number of benzene rings is 2. The fourth-order valence-corrected chi connectivity index (χ4v) is 5.19. The summed E-state index contributed by atoms with van der Waals surface area (Å²) in [5.74, 6) is 0.765. The van der Waals surface area contributed by atoms with Crippen molar-refractivity contribution >= 4 is 29.1 Å². The Hall–Kier alpha value is -3.51. The lowest BCUT2D eigenvalue weighted by atomic mass is 10.0. The number of likely N-dealkylation sites (tertiary alicyclic amines) is 1. The summed E-state index contributed by atoms with van der Waals surface area (Å²) < 4.78 is 26.1. The summed E-state index contributed by atoms with van der Waals surface area (Å²) in [7, 11) is 5.17. The Morgan fingerprint density at radius 1 is 1.25 bits per heavy atom. The Labute approximate surface area is 237 Å². The number of amides is 1. The number of rotatable bonds is 7. The molecule has 0 bridgehead atoms. The maximum absolute atomic E-state index is 14.5. The summed E-state index contributed by atoms with van der Waals surface area (Å²) in [4.78, 5) is 25.4. The van der Waals surface area contributed by atoms with Crippen LogP contribution in [0.1, 0.15) is 39.7 Å². The molecule has 1 fully saturated rings. The number of carbonyl (C=O) groups is 1. The molecular formula is C28H32ClFN6O4. The summed E-state index contributed by atoms with van der Waals surface area (Å²) in [6, 6.07) is 8.34. The van der Waals surface area contributed by atoms with Crippen molar-refractivity contribution < 1.29 is 23.8 Å². The zero-order valence-electron chi connectivity index (χ0n) is 22.7. The molecule has 3 atom stereocenters. The topological polar surface area (TPSA) is 112 Å². The number of methoxy groups -OCH3 is 1. The van der Waals surface area contributed by atoms with Gasteiger partial charge in [-0.2, -0.15) is 4.98 Å². The average molecular weight is 571 g/mol. The van der Waals surface area contributed by atoms with Crippen LogP contribution < -0.4 is 20.1 Å². The number of hydrogen-bond donors (Lipinski definition) is 3. The highest BCUT2D eigenvalue weighted by atomic mass is 35.5. The number of piperidine rings is 1. The Balaban J connectivity index is 1.36. The number of nitrogens with zero attached hydrogens (tertiary/aromatic N) is 4. The first-order chi connectivity index (χ1) is 19.1. The van der Waals surface area contributed by atoms with Gasteiger partial charge in [-0.25, -0.2) is 9.37 Å². The molecule has 1 saturated heterocycles. The van der Waals surface area contributed by atoms with Crippen LogP contribution in [0.25, 0.3) is 0 Å². The van der Waals surface area contributed by atoms with Crippen molar-refractivity contribution in [3.8, 4) is 17.4 Å². The van der Waals surface area contributed by atoms with Crippen LogP contribution in [-0.4, -0.2) is 77.3 Å². The number of hydrogen-bond acceptors (Lipinski definition) is 9. The van der Waals surface area contributed by atoms with Gasteiger partial charge in [0.25, 0.3) is 5.91 Å². The Bertz CT molecular complexity index is 1430. The van der Waals surface area contributed by atoms with Crippen molar-refractivity contribution in [1.82, 2.24) is 25.1 Å². The molecule has 0 aliphatic carbocycles. The largest absolute Gasteiger partial charge is 0.495 e. The standard InChI is InChI=1S/C28H32ClFN6O4/c1-15-10-21(23(39-4)11-17(15)25(37)32-20-8-9-35(2)14-19(20)30)33-28-31-12-18(29)26(34-28)40-22-7-5-6-16-13-36(3)27(38)24(16)22/h5-7,10-12,19-20,27,38H,8-9,13-14H2,1-4H3,(H,32,37)(H,31,33,34)/t19-,20+,27?/m1/s1. The number of halogens is 2. The van der Waals surface area contributed by atoms with Crippen molar-refractivity contribution in [2.24, 2.45) is 0 Å². The second-order valence-corrected chi connectivity index (χ2v) is 10.6. The number of fused-ring (bicyclic) bond motifs is 1. The average Bonchev–Trinajstić information content (AvgIpc) is 3.21. The number of ether oxygens (including phenoxy) is 2. The van der Waals surface area contributed by atoms with E-state index in [-0.39, 0.29) is 29.3 Å². The Morgan fingerprint density at radius 2 is 2.05 bits per heavy atom. The zero-order valence-corrected chi connectivity index (χ0v) is 23.5. The summed E-state index contributed by atoms with van der Waals surface area (Å²) in [6.45, 7) is 3.38. The van der Waals surface area contributed by atoms with E-state index in [1.807, 2.05) is 31.1 Å². The SMILES string of the molecule is COc1cc(C(=O)N[C@H]2CCN(C)C[C@H]2F)c(C)cc1Nc1ncc(Cl)c(Oc2cccc3c2C(O)N(C)C3)n1. The van der Waals surface area contributed by atoms with Gasteiger partial charge in [-0.05, 0) is 56.8 Å². The van der Waals surface area contributed by atoms with E-state index >= 15 is 0 Å². The van der Waals surface area contributed by atoms with Gasteiger partial charge in [-0.3, -0.25) is 9.69 Å². The summed E-state index contributed by atoms with van der Waals surface area (Å²) in [6.07, 6.45) is 0.0144. The van der Waals surface area contributed by atoms with Crippen molar-refractivity contribution in [1.29, 1.82) is 0 Å². The lowest BCUT2D eigenvalue weighted by molar-refractivity contribution is 0.0325. The van der Waals surface area contributed by atoms with Crippen molar-refractivity contribution in [2.75, 3.05) is 39.6 Å². The highest BCUT2D eigenvalue weighted by molar-refractivity contribution is 6.31. The predicted octanol–water partition coefficient (Wildman–Crippen LogP) is 4.19. The molecule has 3 N–H and O–H groups in total. The van der Waals surface area contributed by atoms with Gasteiger partial charge < -0.3 is 30.1 Å². The van der Waals surface area contributed by atoms with Gasteiger partial charge in [0.05, 0.1) is 25.0 Å². The fourth-order valence-electron chi connectivity index (χ4n) is 5.06. The van der Waals surface area contributed by atoms with Crippen LogP contribution in [0.2, 0.25) is 5.02 Å². The molecule has 2 aromatic carbocycles. The lowest BCUT2D eigenvalue weighted by Gasteiger charge is -2.32. The number of alkyl halides is 1. The lowest BCUT2D eigenvalue weighted by Crippen LogP contribution is -2.51.